The molecule has 1 saturated carbocycles. The van der Waals surface area contributed by atoms with Gasteiger partial charge in [0.05, 0.1) is 0 Å². The molecule has 4 nitrogen and oxygen atoms in total. The fourth-order valence-electron chi connectivity index (χ4n) is 5.01. The predicted molar refractivity (Wildman–Crippen MR) is 99.1 cm³/mol. The molecule has 0 bridgehead atoms. The molecule has 24 heavy (non-hydrogen) atoms. The standard InChI is InChI=1S/C20H37N3O/c1-21(2)14-15-22-12-9-20(10-13-22)8-5-11-23(17-20)19(24)16-18-6-3-4-7-18/h18H,3-17H2,1-2H3. The second kappa shape index (κ2) is 8.18. The Morgan fingerprint density at radius 3 is 2.42 bits per heavy atom. The van der Waals surface area contributed by atoms with Crippen molar-refractivity contribution in [2.24, 2.45) is 11.3 Å². The Morgan fingerprint density at radius 1 is 1.04 bits per heavy atom. The van der Waals surface area contributed by atoms with Gasteiger partial charge >= 0.3 is 0 Å². The van der Waals surface area contributed by atoms with Crippen molar-refractivity contribution in [3.63, 3.8) is 0 Å². The maximum atomic E-state index is 12.7. The predicted octanol–water partition coefficient (Wildman–Crippen LogP) is 2.83. The lowest BCUT2D eigenvalue weighted by molar-refractivity contribution is -0.136. The summed E-state index contributed by atoms with van der Waals surface area (Å²) in [6.45, 7) is 6.83. The Labute approximate surface area is 148 Å². The van der Waals surface area contributed by atoms with Gasteiger partial charge in [0.25, 0.3) is 0 Å². The number of piperidine rings is 2. The fourth-order valence-corrected chi connectivity index (χ4v) is 5.01. The van der Waals surface area contributed by atoms with E-state index >= 15 is 0 Å². The maximum Gasteiger partial charge on any atom is 0.222 e. The minimum atomic E-state index is 0.429. The normalized spacial score (nSPS) is 25.7. The van der Waals surface area contributed by atoms with Crippen LogP contribution >= 0.6 is 0 Å². The largest absolute Gasteiger partial charge is 0.342 e. The van der Waals surface area contributed by atoms with Gasteiger partial charge in [0.15, 0.2) is 0 Å². The first kappa shape index (κ1) is 18.2. The van der Waals surface area contributed by atoms with E-state index in [2.05, 4.69) is 28.8 Å². The lowest BCUT2D eigenvalue weighted by Gasteiger charge is -2.48. The zero-order valence-corrected chi connectivity index (χ0v) is 15.9. The Bertz CT molecular complexity index is 409. The molecule has 138 valence electrons. The fraction of sp³-hybridized carbons (Fsp3) is 0.950. The van der Waals surface area contributed by atoms with Crippen LogP contribution in [0.25, 0.3) is 0 Å². The molecule has 3 fully saturated rings. The van der Waals surface area contributed by atoms with Gasteiger partial charge < -0.3 is 14.7 Å². The number of carbonyl (C=O) groups is 1. The van der Waals surface area contributed by atoms with E-state index in [0.717, 1.165) is 26.1 Å². The lowest BCUT2D eigenvalue weighted by atomic mass is 9.72. The average Bonchev–Trinajstić information content (AvgIpc) is 3.07. The summed E-state index contributed by atoms with van der Waals surface area (Å²) < 4.78 is 0. The topological polar surface area (TPSA) is 26.8 Å². The molecule has 0 radical (unpaired) electrons. The van der Waals surface area contributed by atoms with Gasteiger partial charge in [0.2, 0.25) is 5.91 Å². The van der Waals surface area contributed by atoms with Crippen molar-refractivity contribution in [1.82, 2.24) is 14.7 Å². The van der Waals surface area contributed by atoms with E-state index in [9.17, 15) is 4.79 Å². The summed E-state index contributed by atoms with van der Waals surface area (Å²) in [7, 11) is 4.31. The minimum Gasteiger partial charge on any atom is -0.342 e. The summed E-state index contributed by atoms with van der Waals surface area (Å²) in [6, 6.07) is 0. The number of likely N-dealkylation sites (tertiary alicyclic amines) is 2. The summed E-state index contributed by atoms with van der Waals surface area (Å²) in [5.41, 5.74) is 0.429. The number of amides is 1. The van der Waals surface area contributed by atoms with E-state index in [4.69, 9.17) is 0 Å². The second-order valence-corrected chi connectivity index (χ2v) is 8.92. The maximum absolute atomic E-state index is 12.7. The van der Waals surface area contributed by atoms with Gasteiger partial charge in [-0.25, -0.2) is 0 Å². The molecule has 1 spiro atoms. The van der Waals surface area contributed by atoms with Gasteiger partial charge in [-0.15, -0.1) is 0 Å². The molecule has 2 aliphatic heterocycles. The molecule has 3 aliphatic rings. The highest BCUT2D eigenvalue weighted by Crippen LogP contribution is 2.40. The van der Waals surface area contributed by atoms with Gasteiger partial charge in [0.1, 0.15) is 0 Å². The Morgan fingerprint density at radius 2 is 1.75 bits per heavy atom. The van der Waals surface area contributed by atoms with Crippen LogP contribution in [-0.4, -0.2) is 74.0 Å². The van der Waals surface area contributed by atoms with E-state index in [0.29, 0.717) is 17.2 Å². The van der Waals surface area contributed by atoms with Crippen molar-refractivity contribution >= 4 is 5.91 Å². The van der Waals surface area contributed by atoms with Crippen molar-refractivity contribution < 1.29 is 4.79 Å². The van der Waals surface area contributed by atoms with E-state index in [1.165, 1.54) is 71.0 Å². The molecular weight excluding hydrogens is 298 g/mol. The molecule has 0 N–H and O–H groups in total. The number of nitrogens with zero attached hydrogens (tertiary/aromatic N) is 3. The van der Waals surface area contributed by atoms with Gasteiger partial charge in [-0.05, 0) is 77.0 Å². The Balaban J connectivity index is 1.47. The summed E-state index contributed by atoms with van der Waals surface area (Å²) in [5.74, 6) is 1.14. The van der Waals surface area contributed by atoms with Crippen LogP contribution in [0.4, 0.5) is 0 Å². The first-order valence-corrected chi connectivity index (χ1v) is 10.2. The molecular formula is C20H37N3O. The van der Waals surface area contributed by atoms with E-state index in [-0.39, 0.29) is 0 Å². The van der Waals surface area contributed by atoms with Gasteiger partial charge in [0, 0.05) is 32.6 Å². The third-order valence-electron chi connectivity index (χ3n) is 6.73. The molecule has 0 aromatic heterocycles. The summed E-state index contributed by atoms with van der Waals surface area (Å²) in [5, 5.41) is 0. The first-order valence-electron chi connectivity index (χ1n) is 10.2. The van der Waals surface area contributed by atoms with Crippen molar-refractivity contribution in [1.29, 1.82) is 0 Å². The van der Waals surface area contributed by atoms with Crippen LogP contribution in [0.5, 0.6) is 0 Å². The molecule has 1 aliphatic carbocycles. The molecule has 2 saturated heterocycles. The van der Waals surface area contributed by atoms with Crippen LogP contribution in [0.2, 0.25) is 0 Å². The van der Waals surface area contributed by atoms with Crippen molar-refractivity contribution in [3.05, 3.63) is 0 Å². The molecule has 0 aromatic rings. The van der Waals surface area contributed by atoms with Crippen molar-refractivity contribution in [2.45, 2.75) is 57.8 Å². The minimum absolute atomic E-state index is 0.429. The van der Waals surface area contributed by atoms with E-state index < -0.39 is 0 Å². The van der Waals surface area contributed by atoms with Crippen LogP contribution in [0.15, 0.2) is 0 Å². The van der Waals surface area contributed by atoms with Crippen LogP contribution in [0.3, 0.4) is 0 Å². The van der Waals surface area contributed by atoms with Crippen LogP contribution < -0.4 is 0 Å². The van der Waals surface area contributed by atoms with Gasteiger partial charge in [-0.2, -0.15) is 0 Å². The molecule has 0 aromatic carbocycles. The van der Waals surface area contributed by atoms with Crippen molar-refractivity contribution in [2.75, 3.05) is 53.4 Å². The summed E-state index contributed by atoms with van der Waals surface area (Å²) in [6.07, 6.45) is 11.2. The first-order chi connectivity index (χ1) is 11.6. The zero-order valence-electron chi connectivity index (χ0n) is 15.9. The Hall–Kier alpha value is -0.610. The van der Waals surface area contributed by atoms with Gasteiger partial charge in [-0.1, -0.05) is 12.8 Å². The van der Waals surface area contributed by atoms with Crippen LogP contribution in [-0.2, 0) is 4.79 Å². The van der Waals surface area contributed by atoms with Gasteiger partial charge in [-0.3, -0.25) is 4.79 Å². The van der Waals surface area contributed by atoms with Crippen LogP contribution in [0, 0.1) is 11.3 Å². The highest BCUT2D eigenvalue weighted by atomic mass is 16.2. The smallest absolute Gasteiger partial charge is 0.222 e. The van der Waals surface area contributed by atoms with E-state index in [1.807, 2.05) is 0 Å². The summed E-state index contributed by atoms with van der Waals surface area (Å²) in [4.78, 5) is 19.9. The third-order valence-corrected chi connectivity index (χ3v) is 6.73. The Kier molecular flexibility index (Phi) is 6.20. The monoisotopic (exact) mass is 335 g/mol. The highest BCUT2D eigenvalue weighted by molar-refractivity contribution is 5.76. The molecule has 1 amide bonds. The molecule has 2 heterocycles. The summed E-state index contributed by atoms with van der Waals surface area (Å²) >= 11 is 0. The third kappa shape index (κ3) is 4.72. The number of likely N-dealkylation sites (N-methyl/N-ethyl adjacent to an activating group) is 1. The quantitative estimate of drug-likeness (QED) is 0.773. The SMILES string of the molecule is CN(C)CCN1CCC2(CCCN(C(=O)CC3CCCC3)C2)CC1. The zero-order chi connectivity index (χ0) is 17.0. The van der Waals surface area contributed by atoms with Crippen molar-refractivity contribution in [3.8, 4) is 0 Å². The highest BCUT2D eigenvalue weighted by Gasteiger charge is 2.39. The van der Waals surface area contributed by atoms with E-state index in [1.54, 1.807) is 0 Å². The molecule has 3 rings (SSSR count). The number of hydrogen-bond donors (Lipinski definition) is 0. The molecule has 0 unspecified atom stereocenters. The second-order valence-electron chi connectivity index (χ2n) is 8.92. The number of rotatable bonds is 5. The molecule has 4 heteroatoms. The van der Waals surface area contributed by atoms with Crippen LogP contribution in [0.1, 0.15) is 57.8 Å². The lowest BCUT2D eigenvalue weighted by Crippen LogP contribution is -2.51. The average molecular weight is 336 g/mol. The number of hydrogen-bond acceptors (Lipinski definition) is 3. The molecule has 0 atom stereocenters. The number of carbonyl (C=O) groups excluding carboxylic acids is 1.